The average Bonchev–Trinajstić information content (AvgIpc) is 2.76. The predicted molar refractivity (Wildman–Crippen MR) is 85.2 cm³/mol. The third-order valence-electron chi connectivity index (χ3n) is 3.91. The van der Waals surface area contributed by atoms with Crippen molar-refractivity contribution in [3.63, 3.8) is 0 Å². The number of nitrogens with zero attached hydrogens (tertiary/aromatic N) is 2. The number of pyridine rings is 1. The maximum absolute atomic E-state index is 12.6. The molecule has 2 heterocycles. The highest BCUT2D eigenvalue weighted by molar-refractivity contribution is 5.96. The Kier molecular flexibility index (Phi) is 4.91. The van der Waals surface area contributed by atoms with Gasteiger partial charge in [-0.25, -0.2) is 0 Å². The second-order valence-electron chi connectivity index (χ2n) is 5.68. The van der Waals surface area contributed by atoms with Crippen LogP contribution >= 0.6 is 0 Å². The molecule has 0 unspecified atom stereocenters. The van der Waals surface area contributed by atoms with Crippen molar-refractivity contribution in [1.82, 2.24) is 4.57 Å². The second-order valence-corrected chi connectivity index (χ2v) is 5.68. The van der Waals surface area contributed by atoms with Gasteiger partial charge in [0.2, 0.25) is 12.3 Å². The summed E-state index contributed by atoms with van der Waals surface area (Å²) in [6.07, 6.45) is 4.58. The number of carbonyl (C=O) groups is 2. The molecule has 0 spiro atoms. The number of carbonyl (C=O) groups excluding carboxylic acids is 2. The molecule has 0 aromatic carbocycles. The Hall–Kier alpha value is -2.23. The van der Waals surface area contributed by atoms with E-state index in [1.165, 1.54) is 6.92 Å². The molecule has 116 valence electrons. The molecule has 0 atom stereocenters. The SMILES string of the molecule is CCCn1c(C)cc(C(=O)C[n+]2cccc(C(C)=O)c2)c1C. The van der Waals surface area contributed by atoms with Gasteiger partial charge in [-0.2, -0.15) is 4.57 Å². The number of aryl methyl sites for hydroxylation is 1. The van der Waals surface area contributed by atoms with Crippen LogP contribution < -0.4 is 4.57 Å². The molecule has 4 heteroatoms. The zero-order valence-electron chi connectivity index (χ0n) is 13.7. The summed E-state index contributed by atoms with van der Waals surface area (Å²) in [6, 6.07) is 5.52. The van der Waals surface area contributed by atoms with Crippen LogP contribution in [0.4, 0.5) is 0 Å². The largest absolute Gasteiger partial charge is 0.348 e. The number of hydrogen-bond acceptors (Lipinski definition) is 2. The minimum atomic E-state index is 0.00271. The molecule has 0 fully saturated rings. The summed E-state index contributed by atoms with van der Waals surface area (Å²) >= 11 is 0. The summed E-state index contributed by atoms with van der Waals surface area (Å²) in [5.74, 6) is 0.0732. The molecule has 0 bridgehead atoms. The van der Waals surface area contributed by atoms with E-state index in [1.807, 2.05) is 26.1 Å². The number of aromatic nitrogens is 2. The minimum Gasteiger partial charge on any atom is -0.348 e. The maximum Gasteiger partial charge on any atom is 0.229 e. The van der Waals surface area contributed by atoms with Gasteiger partial charge in [-0.05, 0) is 39.3 Å². The van der Waals surface area contributed by atoms with E-state index >= 15 is 0 Å². The number of rotatable bonds is 6. The smallest absolute Gasteiger partial charge is 0.229 e. The van der Waals surface area contributed by atoms with E-state index in [9.17, 15) is 9.59 Å². The van der Waals surface area contributed by atoms with Gasteiger partial charge in [0, 0.05) is 29.6 Å². The molecule has 0 aliphatic carbocycles. The molecule has 2 rings (SSSR count). The zero-order chi connectivity index (χ0) is 16.3. The number of Topliss-reactive ketones (excluding diaryl/α,β-unsaturated/α-hetero) is 2. The number of hydrogen-bond donors (Lipinski definition) is 0. The first kappa shape index (κ1) is 16.1. The van der Waals surface area contributed by atoms with Gasteiger partial charge in [0.15, 0.2) is 18.2 Å². The Balaban J connectivity index is 2.24. The Morgan fingerprint density at radius 1 is 1.27 bits per heavy atom. The van der Waals surface area contributed by atoms with Crippen LogP contribution in [0.15, 0.2) is 30.6 Å². The molecule has 0 saturated carbocycles. The highest BCUT2D eigenvalue weighted by atomic mass is 16.1. The molecule has 4 nitrogen and oxygen atoms in total. The van der Waals surface area contributed by atoms with E-state index < -0.39 is 0 Å². The Morgan fingerprint density at radius 2 is 2.00 bits per heavy atom. The van der Waals surface area contributed by atoms with Crippen molar-refractivity contribution < 1.29 is 14.2 Å². The molecule has 2 aromatic rings. The fourth-order valence-corrected chi connectivity index (χ4v) is 2.73. The minimum absolute atomic E-state index is 0.00271. The summed E-state index contributed by atoms with van der Waals surface area (Å²) in [5.41, 5.74) is 3.52. The fourth-order valence-electron chi connectivity index (χ4n) is 2.73. The van der Waals surface area contributed by atoms with Gasteiger partial charge in [-0.1, -0.05) is 6.92 Å². The van der Waals surface area contributed by atoms with Crippen molar-refractivity contribution in [3.05, 3.63) is 53.1 Å². The molecule has 22 heavy (non-hydrogen) atoms. The lowest BCUT2D eigenvalue weighted by atomic mass is 10.1. The van der Waals surface area contributed by atoms with Crippen molar-refractivity contribution >= 4 is 11.6 Å². The van der Waals surface area contributed by atoms with Gasteiger partial charge in [0.25, 0.3) is 0 Å². The van der Waals surface area contributed by atoms with Crippen LogP contribution in [0.3, 0.4) is 0 Å². The molecule has 2 aromatic heterocycles. The first-order valence-corrected chi connectivity index (χ1v) is 7.64. The predicted octanol–water partition coefficient (Wildman–Crippen LogP) is 2.89. The first-order chi connectivity index (χ1) is 10.4. The lowest BCUT2D eigenvalue weighted by Gasteiger charge is -2.07. The van der Waals surface area contributed by atoms with E-state index in [0.717, 1.165) is 29.9 Å². The molecular formula is C18H23N2O2+. The van der Waals surface area contributed by atoms with Gasteiger partial charge >= 0.3 is 0 Å². The molecule has 0 aliphatic heterocycles. The highest BCUT2D eigenvalue weighted by Gasteiger charge is 2.19. The van der Waals surface area contributed by atoms with Crippen LogP contribution in [-0.4, -0.2) is 16.1 Å². The van der Waals surface area contributed by atoms with Crippen LogP contribution in [0.25, 0.3) is 0 Å². The van der Waals surface area contributed by atoms with Gasteiger partial charge < -0.3 is 4.57 Å². The van der Waals surface area contributed by atoms with Crippen LogP contribution in [-0.2, 0) is 13.1 Å². The Bertz CT molecular complexity index is 714. The lowest BCUT2D eigenvalue weighted by Crippen LogP contribution is -2.38. The Labute approximate surface area is 131 Å². The van der Waals surface area contributed by atoms with Crippen molar-refractivity contribution in [1.29, 1.82) is 0 Å². The van der Waals surface area contributed by atoms with Gasteiger partial charge in [0.1, 0.15) is 0 Å². The van der Waals surface area contributed by atoms with E-state index in [2.05, 4.69) is 11.5 Å². The summed E-state index contributed by atoms with van der Waals surface area (Å²) in [7, 11) is 0. The second kappa shape index (κ2) is 6.69. The van der Waals surface area contributed by atoms with Crippen molar-refractivity contribution in [2.75, 3.05) is 0 Å². The van der Waals surface area contributed by atoms with Gasteiger partial charge in [-0.3, -0.25) is 9.59 Å². The molecular weight excluding hydrogens is 276 g/mol. The zero-order valence-corrected chi connectivity index (χ0v) is 13.7. The van der Waals surface area contributed by atoms with Crippen LogP contribution in [0.5, 0.6) is 0 Å². The Morgan fingerprint density at radius 3 is 2.64 bits per heavy atom. The van der Waals surface area contributed by atoms with Gasteiger partial charge in [0.05, 0.1) is 5.56 Å². The third kappa shape index (κ3) is 3.32. The fraction of sp³-hybridized carbons (Fsp3) is 0.389. The quantitative estimate of drug-likeness (QED) is 0.608. The van der Waals surface area contributed by atoms with E-state index in [4.69, 9.17) is 0 Å². The van der Waals surface area contributed by atoms with Crippen molar-refractivity contribution in [3.8, 4) is 0 Å². The van der Waals surface area contributed by atoms with E-state index in [0.29, 0.717) is 5.56 Å². The van der Waals surface area contributed by atoms with Gasteiger partial charge in [-0.15, -0.1) is 0 Å². The normalized spacial score (nSPS) is 10.7. The summed E-state index contributed by atoms with van der Waals surface area (Å²) < 4.78 is 3.95. The molecule has 0 saturated heterocycles. The monoisotopic (exact) mass is 299 g/mol. The first-order valence-electron chi connectivity index (χ1n) is 7.64. The summed E-state index contributed by atoms with van der Waals surface area (Å²) in [5, 5.41) is 0. The number of ketones is 2. The van der Waals surface area contributed by atoms with Crippen LogP contribution in [0, 0.1) is 13.8 Å². The molecule has 0 radical (unpaired) electrons. The van der Waals surface area contributed by atoms with Crippen LogP contribution in [0.1, 0.15) is 52.4 Å². The lowest BCUT2D eigenvalue weighted by molar-refractivity contribution is -0.683. The molecule has 0 amide bonds. The average molecular weight is 299 g/mol. The maximum atomic E-state index is 12.6. The summed E-state index contributed by atoms with van der Waals surface area (Å²) in [4.78, 5) is 24.0. The standard InChI is InChI=1S/C18H23N2O2/c1-5-8-20-13(2)10-17(14(20)3)18(22)12-19-9-6-7-16(11-19)15(4)21/h6-7,9-11H,5,8,12H2,1-4H3/q+1. The van der Waals surface area contributed by atoms with E-state index in [-0.39, 0.29) is 18.1 Å². The topological polar surface area (TPSA) is 43.0 Å². The third-order valence-corrected chi connectivity index (χ3v) is 3.91. The molecule has 0 aliphatic rings. The summed E-state index contributed by atoms with van der Waals surface area (Å²) in [6.45, 7) is 8.86. The van der Waals surface area contributed by atoms with Crippen LogP contribution in [0.2, 0.25) is 0 Å². The van der Waals surface area contributed by atoms with Crippen molar-refractivity contribution in [2.24, 2.45) is 0 Å². The highest BCUT2D eigenvalue weighted by Crippen LogP contribution is 2.16. The van der Waals surface area contributed by atoms with Crippen molar-refractivity contribution in [2.45, 2.75) is 47.2 Å². The molecule has 0 N–H and O–H groups in total. The van der Waals surface area contributed by atoms with E-state index in [1.54, 1.807) is 22.9 Å².